The molecule has 0 amide bonds. The fraction of sp³-hybridized carbons (Fsp3) is 0.227. The second-order valence-corrected chi connectivity index (χ2v) is 6.62. The number of unbranched alkanes of at least 4 members (excludes halogenated alkanes) is 1. The van der Waals surface area contributed by atoms with Crippen molar-refractivity contribution in [2.75, 3.05) is 5.43 Å². The molecule has 4 N–H and O–H groups in total. The first-order valence-corrected chi connectivity index (χ1v) is 9.33. The molecule has 0 saturated carbocycles. The minimum Gasteiger partial charge on any atom is -0.294 e. The van der Waals surface area contributed by atoms with Crippen LogP contribution in [0, 0.1) is 11.3 Å². The van der Waals surface area contributed by atoms with Crippen molar-refractivity contribution < 1.29 is 0 Å². The van der Waals surface area contributed by atoms with Gasteiger partial charge in [0.05, 0.1) is 17.3 Å². The summed E-state index contributed by atoms with van der Waals surface area (Å²) < 4.78 is 0. The Kier molecular flexibility index (Phi) is 6.20. The zero-order chi connectivity index (χ0) is 19.9. The van der Waals surface area contributed by atoms with Crippen LogP contribution < -0.4 is 16.8 Å². The van der Waals surface area contributed by atoms with Gasteiger partial charge in [0.1, 0.15) is 0 Å². The lowest BCUT2D eigenvalue weighted by atomic mass is 9.95. The van der Waals surface area contributed by atoms with Crippen LogP contribution in [0.15, 0.2) is 53.3 Å². The monoisotopic (exact) mass is 373 g/mol. The highest BCUT2D eigenvalue weighted by Crippen LogP contribution is 2.25. The second kappa shape index (κ2) is 8.98. The van der Waals surface area contributed by atoms with E-state index in [1.807, 2.05) is 48.5 Å². The Balaban J connectivity index is 1.98. The third-order valence-electron chi connectivity index (χ3n) is 4.68. The first kappa shape index (κ1) is 19.3. The Labute approximate surface area is 164 Å². The number of nitrogens with zero attached hydrogens (tertiary/aromatic N) is 2. The van der Waals surface area contributed by atoms with Crippen molar-refractivity contribution in [3.05, 3.63) is 81.3 Å². The number of nitrogen functional groups attached to an aromatic ring is 1. The number of aryl methyl sites for hydroxylation is 1. The molecule has 0 radical (unpaired) electrons. The molecule has 1 aromatic heterocycles. The number of nitrogens with one attached hydrogen (secondary N) is 2. The van der Waals surface area contributed by atoms with Crippen LogP contribution in [0.4, 0.5) is 5.95 Å². The normalized spacial score (nSPS) is 10.5. The van der Waals surface area contributed by atoms with Gasteiger partial charge in [-0.2, -0.15) is 5.26 Å². The van der Waals surface area contributed by atoms with Crippen LogP contribution in [-0.4, -0.2) is 9.97 Å². The van der Waals surface area contributed by atoms with Crippen LogP contribution in [-0.2, 0) is 12.8 Å². The highest BCUT2D eigenvalue weighted by atomic mass is 16.1. The first-order chi connectivity index (χ1) is 13.7. The van der Waals surface area contributed by atoms with Crippen LogP contribution >= 0.6 is 0 Å². The largest absolute Gasteiger partial charge is 0.294 e. The van der Waals surface area contributed by atoms with Gasteiger partial charge in [0.25, 0.3) is 5.56 Å². The van der Waals surface area contributed by atoms with Gasteiger partial charge in [0, 0.05) is 12.0 Å². The molecule has 0 spiro atoms. The van der Waals surface area contributed by atoms with Gasteiger partial charge in [0.15, 0.2) is 0 Å². The van der Waals surface area contributed by atoms with Crippen LogP contribution in [0.2, 0.25) is 0 Å². The average Bonchev–Trinajstić information content (AvgIpc) is 2.74. The van der Waals surface area contributed by atoms with E-state index in [4.69, 9.17) is 5.84 Å². The molecule has 0 fully saturated rings. The Bertz CT molecular complexity index is 1050. The van der Waals surface area contributed by atoms with E-state index in [1.165, 1.54) is 0 Å². The number of hydrogen-bond donors (Lipinski definition) is 3. The lowest BCUT2D eigenvalue weighted by Crippen LogP contribution is -2.23. The third kappa shape index (κ3) is 4.27. The van der Waals surface area contributed by atoms with Gasteiger partial charge >= 0.3 is 0 Å². The number of hydrogen-bond acceptors (Lipinski definition) is 5. The highest BCUT2D eigenvalue weighted by molar-refractivity contribution is 5.71. The third-order valence-corrected chi connectivity index (χ3v) is 4.68. The molecule has 0 atom stereocenters. The van der Waals surface area contributed by atoms with Gasteiger partial charge in [-0.15, -0.1) is 0 Å². The number of rotatable bonds is 7. The summed E-state index contributed by atoms with van der Waals surface area (Å²) >= 11 is 0. The van der Waals surface area contributed by atoms with Gasteiger partial charge in [-0.05, 0) is 35.6 Å². The van der Waals surface area contributed by atoms with Gasteiger partial charge < -0.3 is 0 Å². The first-order valence-electron chi connectivity index (χ1n) is 9.33. The Hall–Kier alpha value is -3.43. The van der Waals surface area contributed by atoms with E-state index < -0.39 is 0 Å². The molecule has 142 valence electrons. The molecule has 1 heterocycles. The molecule has 0 saturated heterocycles. The molecule has 0 aliphatic carbocycles. The molecule has 0 bridgehead atoms. The number of benzene rings is 2. The van der Waals surface area contributed by atoms with Crippen LogP contribution in [0.1, 0.15) is 42.1 Å². The second-order valence-electron chi connectivity index (χ2n) is 6.62. The molecule has 6 nitrogen and oxygen atoms in total. The highest BCUT2D eigenvalue weighted by Gasteiger charge is 2.13. The van der Waals surface area contributed by atoms with Gasteiger partial charge in [-0.1, -0.05) is 55.8 Å². The van der Waals surface area contributed by atoms with Crippen molar-refractivity contribution in [2.45, 2.75) is 32.6 Å². The van der Waals surface area contributed by atoms with Crippen LogP contribution in [0.25, 0.3) is 11.1 Å². The van der Waals surface area contributed by atoms with E-state index in [1.54, 1.807) is 0 Å². The van der Waals surface area contributed by atoms with Gasteiger partial charge in [-0.3, -0.25) is 15.2 Å². The summed E-state index contributed by atoms with van der Waals surface area (Å²) in [6, 6.07) is 17.8. The fourth-order valence-electron chi connectivity index (χ4n) is 3.21. The Morgan fingerprint density at radius 2 is 2.00 bits per heavy atom. The summed E-state index contributed by atoms with van der Waals surface area (Å²) in [4.78, 5) is 19.7. The summed E-state index contributed by atoms with van der Waals surface area (Å²) in [6.45, 7) is 2.09. The average molecular weight is 373 g/mol. The quantitative estimate of drug-likeness (QED) is 0.434. The molecule has 28 heavy (non-hydrogen) atoms. The fourth-order valence-corrected chi connectivity index (χ4v) is 3.21. The van der Waals surface area contributed by atoms with E-state index in [0.717, 1.165) is 35.2 Å². The number of H-pyrrole nitrogens is 1. The number of nitriles is 1. The molecular weight excluding hydrogens is 350 g/mol. The van der Waals surface area contributed by atoms with Crippen LogP contribution in [0.3, 0.4) is 0 Å². The van der Waals surface area contributed by atoms with E-state index in [9.17, 15) is 10.1 Å². The predicted octanol–water partition coefficient (Wildman–Crippen LogP) is 3.53. The van der Waals surface area contributed by atoms with E-state index in [-0.39, 0.29) is 11.5 Å². The molecule has 0 aliphatic rings. The number of nitrogens with two attached hydrogens (primary N) is 1. The number of hydrazine groups is 1. The summed E-state index contributed by atoms with van der Waals surface area (Å²) in [5.41, 5.74) is 6.92. The van der Waals surface area contributed by atoms with Crippen LogP contribution in [0.5, 0.6) is 0 Å². The maximum absolute atomic E-state index is 12.6. The molecule has 0 aliphatic heterocycles. The van der Waals surface area contributed by atoms with Crippen molar-refractivity contribution >= 4 is 5.95 Å². The minimum atomic E-state index is -0.209. The summed E-state index contributed by atoms with van der Waals surface area (Å²) in [5, 5.41) is 9.61. The SMILES string of the molecule is CCCCc1nc(NN)[nH]c(=O)c1Cc1ccc(-c2ccccc2)c(C#N)c1. The molecule has 2 aromatic carbocycles. The standard InChI is InChI=1S/C22H23N5O/c1-2-3-9-20-19(21(28)26-22(25-20)27-24)13-15-10-11-18(17(12-15)14-23)16-7-5-4-6-8-16/h4-8,10-12H,2-3,9,13,24H2,1H3,(H2,25,26,27,28). The summed E-state index contributed by atoms with van der Waals surface area (Å²) in [6.07, 6.45) is 3.06. The van der Waals surface area contributed by atoms with Gasteiger partial charge in [0.2, 0.25) is 5.95 Å². The van der Waals surface area contributed by atoms with Crippen molar-refractivity contribution in [3.63, 3.8) is 0 Å². The maximum atomic E-state index is 12.6. The zero-order valence-corrected chi connectivity index (χ0v) is 15.8. The molecule has 6 heteroatoms. The lowest BCUT2D eigenvalue weighted by Gasteiger charge is -2.11. The molecule has 3 rings (SSSR count). The summed E-state index contributed by atoms with van der Waals surface area (Å²) in [5.74, 6) is 5.67. The molecular formula is C22H23N5O. The molecule has 0 unspecified atom stereocenters. The van der Waals surface area contributed by atoms with E-state index >= 15 is 0 Å². The van der Waals surface area contributed by atoms with Crippen molar-refractivity contribution in [1.29, 1.82) is 5.26 Å². The lowest BCUT2D eigenvalue weighted by molar-refractivity contribution is 0.760. The smallest absolute Gasteiger partial charge is 0.256 e. The predicted molar refractivity (Wildman–Crippen MR) is 111 cm³/mol. The van der Waals surface area contributed by atoms with Gasteiger partial charge in [-0.25, -0.2) is 10.8 Å². The zero-order valence-electron chi connectivity index (χ0n) is 15.8. The minimum absolute atomic E-state index is 0.209. The van der Waals surface area contributed by atoms with Crippen molar-refractivity contribution in [1.82, 2.24) is 9.97 Å². The molecule has 3 aromatic rings. The number of aromatic nitrogens is 2. The Morgan fingerprint density at radius 1 is 1.21 bits per heavy atom. The van der Waals surface area contributed by atoms with E-state index in [2.05, 4.69) is 28.4 Å². The maximum Gasteiger partial charge on any atom is 0.256 e. The van der Waals surface area contributed by atoms with Crippen molar-refractivity contribution in [3.8, 4) is 17.2 Å². The van der Waals surface area contributed by atoms with Crippen molar-refractivity contribution in [2.24, 2.45) is 5.84 Å². The van der Waals surface area contributed by atoms with E-state index in [0.29, 0.717) is 24.0 Å². The topological polar surface area (TPSA) is 108 Å². The summed E-state index contributed by atoms with van der Waals surface area (Å²) in [7, 11) is 0. The Morgan fingerprint density at radius 3 is 2.68 bits per heavy atom. The number of anilines is 1. The number of aromatic amines is 1.